The second kappa shape index (κ2) is 5.34. The van der Waals surface area contributed by atoms with E-state index in [2.05, 4.69) is 20.9 Å². The smallest absolute Gasteiger partial charge is 0.435 e. The lowest BCUT2D eigenvalue weighted by atomic mass is 10.2. The molecule has 1 aromatic heterocycles. The number of thiazole rings is 1. The monoisotopic (exact) mass is 385 g/mol. The van der Waals surface area contributed by atoms with Crippen molar-refractivity contribution in [3.8, 4) is 10.6 Å². The molecule has 1 N–H and O–H groups in total. The SMILES string of the molecule is O=C(O)c1sc(-c2ccc(Br)c(Cl)c2)nc1C(F)(F)F. The average molecular weight is 387 g/mol. The molecule has 0 aliphatic heterocycles. The van der Waals surface area contributed by atoms with Crippen molar-refractivity contribution in [1.29, 1.82) is 0 Å². The number of alkyl halides is 3. The van der Waals surface area contributed by atoms with Crippen molar-refractivity contribution >= 4 is 44.8 Å². The third-order valence-corrected chi connectivity index (χ3v) is 4.58. The van der Waals surface area contributed by atoms with Crippen molar-refractivity contribution in [3.05, 3.63) is 38.3 Å². The number of rotatable bonds is 2. The summed E-state index contributed by atoms with van der Waals surface area (Å²) in [6.45, 7) is 0. The van der Waals surface area contributed by atoms with Gasteiger partial charge in [-0.2, -0.15) is 13.2 Å². The molecule has 1 aromatic carbocycles. The lowest BCUT2D eigenvalue weighted by Crippen LogP contribution is -2.11. The Balaban J connectivity index is 2.58. The molecule has 106 valence electrons. The third kappa shape index (κ3) is 2.97. The summed E-state index contributed by atoms with van der Waals surface area (Å²) in [5.41, 5.74) is -1.08. The van der Waals surface area contributed by atoms with Crippen molar-refractivity contribution in [3.63, 3.8) is 0 Å². The van der Waals surface area contributed by atoms with Crippen molar-refractivity contribution < 1.29 is 23.1 Å². The van der Waals surface area contributed by atoms with Gasteiger partial charge in [0.05, 0.1) is 5.02 Å². The fourth-order valence-electron chi connectivity index (χ4n) is 1.41. The minimum Gasteiger partial charge on any atom is -0.477 e. The third-order valence-electron chi connectivity index (χ3n) is 2.26. The van der Waals surface area contributed by atoms with Crippen LogP contribution in [0.2, 0.25) is 5.02 Å². The second-order valence-electron chi connectivity index (χ2n) is 3.63. The zero-order valence-corrected chi connectivity index (χ0v) is 12.5. The lowest BCUT2D eigenvalue weighted by Gasteiger charge is -2.02. The van der Waals surface area contributed by atoms with Crippen LogP contribution in [-0.4, -0.2) is 16.1 Å². The molecule has 2 aromatic rings. The van der Waals surface area contributed by atoms with Crippen molar-refractivity contribution in [2.75, 3.05) is 0 Å². The maximum atomic E-state index is 12.7. The molecule has 0 unspecified atom stereocenters. The Bertz CT molecular complexity index is 687. The Hall–Kier alpha value is -1.12. The number of aromatic nitrogens is 1. The van der Waals surface area contributed by atoms with Crippen LogP contribution in [0.25, 0.3) is 10.6 Å². The minimum absolute atomic E-state index is 0.0517. The van der Waals surface area contributed by atoms with Gasteiger partial charge in [-0.1, -0.05) is 17.7 Å². The first-order chi connectivity index (χ1) is 9.20. The zero-order chi connectivity index (χ0) is 15.1. The molecule has 0 saturated carbocycles. The van der Waals surface area contributed by atoms with Crippen LogP contribution >= 0.6 is 38.9 Å². The van der Waals surface area contributed by atoms with E-state index in [0.717, 1.165) is 0 Å². The normalized spacial score (nSPS) is 11.7. The summed E-state index contributed by atoms with van der Waals surface area (Å²) >= 11 is 9.47. The Morgan fingerprint density at radius 2 is 2.05 bits per heavy atom. The molecule has 0 fully saturated rings. The molecular formula is C11H4BrClF3NO2S. The van der Waals surface area contributed by atoms with Gasteiger partial charge in [-0.25, -0.2) is 9.78 Å². The van der Waals surface area contributed by atoms with E-state index in [9.17, 15) is 18.0 Å². The number of halogens is 5. The number of carbonyl (C=O) groups is 1. The Morgan fingerprint density at radius 1 is 1.40 bits per heavy atom. The number of carboxylic acid groups (broad SMARTS) is 1. The van der Waals surface area contributed by atoms with Gasteiger partial charge in [-0.15, -0.1) is 11.3 Å². The van der Waals surface area contributed by atoms with Gasteiger partial charge in [0.1, 0.15) is 9.88 Å². The number of aromatic carboxylic acids is 1. The van der Waals surface area contributed by atoms with Crippen LogP contribution in [0, 0.1) is 0 Å². The summed E-state index contributed by atoms with van der Waals surface area (Å²) in [5.74, 6) is -1.66. The first kappa shape index (κ1) is 15.3. The molecule has 0 aliphatic rings. The fraction of sp³-hybridized carbons (Fsp3) is 0.0909. The number of hydrogen-bond acceptors (Lipinski definition) is 3. The highest BCUT2D eigenvalue weighted by molar-refractivity contribution is 9.10. The molecule has 0 aliphatic carbocycles. The second-order valence-corrected chi connectivity index (χ2v) is 5.89. The van der Waals surface area contributed by atoms with Crippen LogP contribution in [0.3, 0.4) is 0 Å². The van der Waals surface area contributed by atoms with Gasteiger partial charge < -0.3 is 5.11 Å². The Labute approximate surface area is 128 Å². The van der Waals surface area contributed by atoms with Gasteiger partial charge >= 0.3 is 12.1 Å². The van der Waals surface area contributed by atoms with Crippen molar-refractivity contribution in [1.82, 2.24) is 4.98 Å². The number of hydrogen-bond donors (Lipinski definition) is 1. The molecule has 9 heteroatoms. The molecule has 0 saturated heterocycles. The molecule has 0 bridgehead atoms. The molecule has 0 amide bonds. The highest BCUT2D eigenvalue weighted by atomic mass is 79.9. The Morgan fingerprint density at radius 3 is 2.50 bits per heavy atom. The van der Waals surface area contributed by atoms with Crippen molar-refractivity contribution in [2.45, 2.75) is 6.18 Å². The first-order valence-electron chi connectivity index (χ1n) is 4.97. The maximum Gasteiger partial charge on any atom is 0.435 e. The van der Waals surface area contributed by atoms with Crippen LogP contribution in [0.15, 0.2) is 22.7 Å². The van der Waals surface area contributed by atoms with Gasteiger partial charge in [0.2, 0.25) is 0 Å². The van der Waals surface area contributed by atoms with E-state index < -0.39 is 22.7 Å². The molecule has 0 spiro atoms. The highest BCUT2D eigenvalue weighted by Gasteiger charge is 2.39. The summed E-state index contributed by atoms with van der Waals surface area (Å²) < 4.78 is 38.8. The summed E-state index contributed by atoms with van der Waals surface area (Å²) in [6.07, 6.45) is -4.82. The number of nitrogens with zero attached hydrogens (tertiary/aromatic N) is 1. The maximum absolute atomic E-state index is 12.7. The largest absolute Gasteiger partial charge is 0.477 e. The summed E-state index contributed by atoms with van der Waals surface area (Å²) in [6, 6.07) is 4.46. The fourth-order valence-corrected chi connectivity index (χ4v) is 2.76. The predicted octanol–water partition coefficient (Wildman–Crippen LogP) is 4.94. The van der Waals surface area contributed by atoms with E-state index >= 15 is 0 Å². The number of carboxylic acids is 1. The van der Waals surface area contributed by atoms with Gasteiger partial charge in [0.15, 0.2) is 5.69 Å². The molecule has 1 heterocycles. The molecule has 0 atom stereocenters. The van der Waals surface area contributed by atoms with Crippen LogP contribution in [0.5, 0.6) is 0 Å². The van der Waals surface area contributed by atoms with E-state index in [1.54, 1.807) is 6.07 Å². The van der Waals surface area contributed by atoms with Crippen LogP contribution in [-0.2, 0) is 6.18 Å². The first-order valence-corrected chi connectivity index (χ1v) is 6.95. The Kier molecular flexibility index (Phi) is 4.08. The highest BCUT2D eigenvalue weighted by Crippen LogP contribution is 2.38. The van der Waals surface area contributed by atoms with Gasteiger partial charge in [0, 0.05) is 10.0 Å². The van der Waals surface area contributed by atoms with Gasteiger partial charge in [-0.3, -0.25) is 0 Å². The van der Waals surface area contributed by atoms with Gasteiger partial charge in [0.25, 0.3) is 0 Å². The molecule has 20 heavy (non-hydrogen) atoms. The molecule has 3 nitrogen and oxygen atoms in total. The quantitative estimate of drug-likeness (QED) is 0.795. The van der Waals surface area contributed by atoms with E-state index in [0.29, 0.717) is 26.4 Å². The van der Waals surface area contributed by atoms with E-state index in [1.165, 1.54) is 12.1 Å². The standard InChI is InChI=1S/C11H4BrClF3NO2S/c12-5-2-1-4(3-6(5)13)9-17-8(11(14,15)16)7(20-9)10(18)19/h1-3H,(H,18,19). The van der Waals surface area contributed by atoms with Crippen molar-refractivity contribution in [2.24, 2.45) is 0 Å². The van der Waals surface area contributed by atoms with Crippen LogP contribution in [0.4, 0.5) is 13.2 Å². The zero-order valence-electron chi connectivity index (χ0n) is 9.33. The summed E-state index contributed by atoms with van der Waals surface area (Å²) in [7, 11) is 0. The summed E-state index contributed by atoms with van der Waals surface area (Å²) in [5, 5.41) is 9.07. The lowest BCUT2D eigenvalue weighted by molar-refractivity contribution is -0.141. The average Bonchev–Trinajstić information content (AvgIpc) is 2.77. The molecule has 2 rings (SSSR count). The van der Waals surface area contributed by atoms with Crippen LogP contribution < -0.4 is 0 Å². The molecule has 0 radical (unpaired) electrons. The van der Waals surface area contributed by atoms with E-state index in [-0.39, 0.29) is 5.01 Å². The molecular weight excluding hydrogens is 383 g/mol. The van der Waals surface area contributed by atoms with Gasteiger partial charge in [-0.05, 0) is 28.1 Å². The van der Waals surface area contributed by atoms with E-state index in [4.69, 9.17) is 16.7 Å². The number of benzene rings is 1. The van der Waals surface area contributed by atoms with Crippen LogP contribution in [0.1, 0.15) is 15.4 Å². The topological polar surface area (TPSA) is 50.2 Å². The van der Waals surface area contributed by atoms with E-state index in [1.807, 2.05) is 0 Å². The minimum atomic E-state index is -4.82. The summed E-state index contributed by atoms with van der Waals surface area (Å²) in [4.78, 5) is 13.4. The predicted molar refractivity (Wildman–Crippen MR) is 72.2 cm³/mol.